The Morgan fingerprint density at radius 1 is 1.55 bits per heavy atom. The third kappa shape index (κ3) is 6.38. The first-order valence-electron chi connectivity index (χ1n) is 4.23. The monoisotopic (exact) mass is 168 g/mol. The van der Waals surface area contributed by atoms with Crippen LogP contribution in [0.4, 0.5) is 0 Å². The highest BCUT2D eigenvalue weighted by molar-refractivity contribution is 7.37. The van der Waals surface area contributed by atoms with Gasteiger partial charge in [-0.15, -0.1) is 14.8 Å². The molecule has 11 heavy (non-hydrogen) atoms. The summed E-state index contributed by atoms with van der Waals surface area (Å²) in [6.07, 6.45) is 3.17. The minimum atomic E-state index is 0.761. The molecule has 2 atom stereocenters. The van der Waals surface area contributed by atoms with Crippen LogP contribution in [0.5, 0.6) is 0 Å². The summed E-state index contributed by atoms with van der Waals surface area (Å²) in [5.74, 6) is 3.91. The van der Waals surface area contributed by atoms with Crippen molar-refractivity contribution < 1.29 is 0 Å². The molecular formula is C9H18BP. The van der Waals surface area contributed by atoms with Gasteiger partial charge in [0.05, 0.1) is 0 Å². The number of hydrogen-bond donors (Lipinski definition) is 0. The maximum atomic E-state index is 3.74. The lowest BCUT2D eigenvalue weighted by Crippen LogP contribution is -2.05. The van der Waals surface area contributed by atoms with Crippen molar-refractivity contribution in [3.63, 3.8) is 0 Å². The summed E-state index contributed by atoms with van der Waals surface area (Å²) in [6, 6.07) is 0. The van der Waals surface area contributed by atoms with E-state index in [1.165, 1.54) is 15.5 Å². The van der Waals surface area contributed by atoms with E-state index in [1.807, 2.05) is 6.08 Å². The quantitative estimate of drug-likeness (QED) is 0.336. The van der Waals surface area contributed by atoms with Crippen LogP contribution in [0, 0.1) is 0 Å². The largest absolute Gasteiger partial charge is 0.132 e. The van der Waals surface area contributed by atoms with Gasteiger partial charge >= 0.3 is 0 Å². The summed E-state index contributed by atoms with van der Waals surface area (Å²) in [6.45, 7) is 10.5. The van der Waals surface area contributed by atoms with Gasteiger partial charge in [0.25, 0.3) is 0 Å². The van der Waals surface area contributed by atoms with E-state index in [2.05, 4.69) is 32.9 Å². The van der Waals surface area contributed by atoms with Crippen molar-refractivity contribution in [1.82, 2.24) is 0 Å². The fraction of sp³-hybridized carbons (Fsp3) is 0.667. The summed E-state index contributed by atoms with van der Waals surface area (Å²) in [5, 5.41) is 0. The molecule has 0 radical (unpaired) electrons. The summed E-state index contributed by atoms with van der Waals surface area (Å²) in [5.41, 5.74) is 0. The van der Waals surface area contributed by atoms with E-state index in [-0.39, 0.29) is 0 Å². The molecule has 0 aliphatic carbocycles. The fourth-order valence-electron chi connectivity index (χ4n) is 1.33. The van der Waals surface area contributed by atoms with Gasteiger partial charge in [-0.25, -0.2) is 0 Å². The molecule has 0 amide bonds. The van der Waals surface area contributed by atoms with E-state index >= 15 is 0 Å². The molecule has 0 nitrogen and oxygen atoms in total. The zero-order valence-electron chi connectivity index (χ0n) is 7.88. The molecule has 0 aromatic rings. The predicted octanol–water partition coefficient (Wildman–Crippen LogP) is 2.99. The average Bonchev–Trinajstić information content (AvgIpc) is 1.87. The predicted molar refractivity (Wildman–Crippen MR) is 59.7 cm³/mol. The van der Waals surface area contributed by atoms with Crippen molar-refractivity contribution in [2.75, 3.05) is 6.66 Å². The van der Waals surface area contributed by atoms with Gasteiger partial charge in [-0.1, -0.05) is 31.5 Å². The van der Waals surface area contributed by atoms with E-state index in [0.29, 0.717) is 0 Å². The highest BCUT2D eigenvalue weighted by Gasteiger charge is 2.06. The molecule has 0 spiro atoms. The second-order valence-electron chi connectivity index (χ2n) is 3.25. The summed E-state index contributed by atoms with van der Waals surface area (Å²) in [7, 11) is 2.70. The first-order valence-corrected chi connectivity index (χ1v) is 5.65. The average molecular weight is 168 g/mol. The van der Waals surface area contributed by atoms with Crippen LogP contribution in [0.2, 0.25) is 11.6 Å². The van der Waals surface area contributed by atoms with Crippen LogP contribution in [0.3, 0.4) is 0 Å². The van der Waals surface area contributed by atoms with Gasteiger partial charge in [0, 0.05) is 0 Å². The third-order valence-electron chi connectivity index (χ3n) is 1.75. The molecule has 0 aliphatic heterocycles. The third-order valence-corrected chi connectivity index (χ3v) is 2.55. The summed E-state index contributed by atoms with van der Waals surface area (Å²) in [4.78, 5) is 0. The van der Waals surface area contributed by atoms with E-state index in [4.69, 9.17) is 0 Å². The van der Waals surface area contributed by atoms with Crippen LogP contribution >= 0.6 is 8.20 Å². The lowest BCUT2D eigenvalue weighted by atomic mass is 9.56. The Bertz CT molecular complexity index is 132. The van der Waals surface area contributed by atoms with Gasteiger partial charge in [0.1, 0.15) is 7.28 Å². The van der Waals surface area contributed by atoms with E-state index in [1.54, 1.807) is 0 Å². The Morgan fingerprint density at radius 2 is 2.18 bits per heavy atom. The van der Waals surface area contributed by atoms with E-state index < -0.39 is 0 Å². The number of rotatable bonds is 5. The Balaban J connectivity index is 3.55. The van der Waals surface area contributed by atoms with Gasteiger partial charge in [-0.05, 0) is 18.9 Å². The standard InChI is InChI=1S/C9H18BP/c1-5-6-8(2)10-9(3)7-11-4/h5,7-10H,1,6H2,2-4H3. The second-order valence-corrected chi connectivity index (χ2v) is 4.06. The zero-order chi connectivity index (χ0) is 8.69. The minimum absolute atomic E-state index is 0.761. The summed E-state index contributed by atoms with van der Waals surface area (Å²) >= 11 is 0. The Morgan fingerprint density at radius 3 is 2.64 bits per heavy atom. The van der Waals surface area contributed by atoms with Crippen LogP contribution in [-0.4, -0.2) is 19.7 Å². The van der Waals surface area contributed by atoms with Crippen molar-refractivity contribution in [1.29, 1.82) is 0 Å². The van der Waals surface area contributed by atoms with Gasteiger partial charge in [0.15, 0.2) is 0 Å². The second kappa shape index (κ2) is 6.67. The van der Waals surface area contributed by atoms with Crippen LogP contribution in [-0.2, 0) is 0 Å². The first-order chi connectivity index (χ1) is 5.20. The molecule has 0 aromatic heterocycles. The smallest absolute Gasteiger partial charge is 0.113 e. The van der Waals surface area contributed by atoms with E-state index in [9.17, 15) is 0 Å². The fourth-order valence-corrected chi connectivity index (χ4v) is 1.96. The van der Waals surface area contributed by atoms with E-state index in [0.717, 1.165) is 18.1 Å². The number of hydrogen-bond acceptors (Lipinski definition) is 0. The van der Waals surface area contributed by atoms with Crippen molar-refractivity contribution in [3.8, 4) is 0 Å². The molecule has 2 unspecified atom stereocenters. The molecule has 0 saturated carbocycles. The van der Waals surface area contributed by atoms with Crippen molar-refractivity contribution >= 4 is 21.3 Å². The summed E-state index contributed by atoms with van der Waals surface area (Å²) < 4.78 is 0. The number of allylic oxidation sites excluding steroid dienone is 1. The molecule has 0 aromatic carbocycles. The molecular weight excluding hydrogens is 150 g/mol. The van der Waals surface area contributed by atoms with Gasteiger partial charge in [-0.2, -0.15) is 0 Å². The Labute approximate surface area is 73.1 Å². The normalized spacial score (nSPS) is 16.3. The van der Waals surface area contributed by atoms with Crippen LogP contribution in [0.15, 0.2) is 12.7 Å². The maximum Gasteiger partial charge on any atom is 0.132 e. The van der Waals surface area contributed by atoms with Crippen LogP contribution < -0.4 is 0 Å². The maximum absolute atomic E-state index is 3.74. The zero-order valence-corrected chi connectivity index (χ0v) is 8.77. The van der Waals surface area contributed by atoms with Crippen LogP contribution in [0.25, 0.3) is 0 Å². The molecule has 0 bridgehead atoms. The molecule has 0 N–H and O–H groups in total. The van der Waals surface area contributed by atoms with Gasteiger partial charge < -0.3 is 0 Å². The highest BCUT2D eigenvalue weighted by Crippen LogP contribution is 2.15. The van der Waals surface area contributed by atoms with Crippen molar-refractivity contribution in [3.05, 3.63) is 12.7 Å². The van der Waals surface area contributed by atoms with Gasteiger partial charge in [-0.3, -0.25) is 0 Å². The SMILES string of the molecule is C=CCC(C)BC(C)/C=P\C. The molecule has 62 valence electrons. The molecule has 0 heterocycles. The van der Waals surface area contributed by atoms with Crippen LogP contribution in [0.1, 0.15) is 20.3 Å². The minimum Gasteiger partial charge on any atom is -0.113 e. The molecule has 0 aliphatic rings. The first kappa shape index (κ1) is 11.0. The topological polar surface area (TPSA) is 0 Å². The van der Waals surface area contributed by atoms with Crippen molar-refractivity contribution in [2.24, 2.45) is 0 Å². The lowest BCUT2D eigenvalue weighted by Gasteiger charge is -2.09. The molecule has 0 fully saturated rings. The molecule has 0 rings (SSSR count). The molecule has 2 heteroatoms. The lowest BCUT2D eigenvalue weighted by molar-refractivity contribution is 0.927. The Hall–Kier alpha value is -0.0251. The van der Waals surface area contributed by atoms with Crippen molar-refractivity contribution in [2.45, 2.75) is 31.9 Å². The molecule has 0 saturated heterocycles. The Kier molecular flexibility index (Phi) is 6.66. The highest BCUT2D eigenvalue weighted by atomic mass is 31.1. The van der Waals surface area contributed by atoms with Gasteiger partial charge in [0.2, 0.25) is 0 Å².